The molecule has 19 heavy (non-hydrogen) atoms. The van der Waals surface area contributed by atoms with Gasteiger partial charge < -0.3 is 11.1 Å². The standard InChI is InChI=1S/C12H17N5OS/c1-4-17-5-9(13)10(16-17)11(18)15-8(3)12-14-7(2)6-19-12/h5-6,8H,4,13H2,1-3H3,(H,15,18). The van der Waals surface area contributed by atoms with E-state index in [2.05, 4.69) is 15.4 Å². The Morgan fingerprint density at radius 2 is 2.37 bits per heavy atom. The van der Waals surface area contributed by atoms with Crippen LogP contribution < -0.4 is 11.1 Å². The van der Waals surface area contributed by atoms with Crippen molar-refractivity contribution in [2.75, 3.05) is 5.73 Å². The van der Waals surface area contributed by atoms with Crippen molar-refractivity contribution in [2.24, 2.45) is 0 Å². The lowest BCUT2D eigenvalue weighted by atomic mass is 10.3. The monoisotopic (exact) mass is 279 g/mol. The third-order valence-electron chi connectivity index (χ3n) is 2.68. The largest absolute Gasteiger partial charge is 0.396 e. The molecule has 2 heterocycles. The average Bonchev–Trinajstić information content (AvgIpc) is 2.95. The number of amides is 1. The zero-order valence-electron chi connectivity index (χ0n) is 11.2. The molecule has 0 saturated carbocycles. The van der Waals surface area contributed by atoms with Crippen molar-refractivity contribution in [3.63, 3.8) is 0 Å². The second kappa shape index (κ2) is 5.40. The molecule has 2 aromatic rings. The molecule has 6 nitrogen and oxygen atoms in total. The van der Waals surface area contributed by atoms with Crippen LogP contribution in [0.4, 0.5) is 5.69 Å². The Balaban J connectivity index is 2.10. The summed E-state index contributed by atoms with van der Waals surface area (Å²) in [5.74, 6) is -0.273. The van der Waals surface area contributed by atoms with Gasteiger partial charge in [0, 0.05) is 23.8 Å². The molecule has 102 valence electrons. The number of carbonyl (C=O) groups is 1. The second-order valence-corrected chi connectivity index (χ2v) is 5.20. The van der Waals surface area contributed by atoms with E-state index in [9.17, 15) is 4.79 Å². The third-order valence-corrected chi connectivity index (χ3v) is 3.83. The zero-order chi connectivity index (χ0) is 14.0. The van der Waals surface area contributed by atoms with Gasteiger partial charge in [0.25, 0.3) is 5.91 Å². The van der Waals surface area contributed by atoms with E-state index >= 15 is 0 Å². The van der Waals surface area contributed by atoms with Crippen LogP contribution in [0, 0.1) is 6.92 Å². The first-order valence-electron chi connectivity index (χ1n) is 6.07. The molecular formula is C12H17N5OS. The molecule has 0 aliphatic heterocycles. The Morgan fingerprint density at radius 1 is 1.63 bits per heavy atom. The minimum absolute atomic E-state index is 0.155. The molecule has 0 bridgehead atoms. The molecule has 3 N–H and O–H groups in total. The van der Waals surface area contributed by atoms with E-state index in [-0.39, 0.29) is 17.6 Å². The van der Waals surface area contributed by atoms with E-state index in [4.69, 9.17) is 5.73 Å². The highest BCUT2D eigenvalue weighted by Crippen LogP contribution is 2.18. The number of anilines is 1. The molecule has 0 aromatic carbocycles. The summed E-state index contributed by atoms with van der Waals surface area (Å²) in [6.07, 6.45) is 1.66. The highest BCUT2D eigenvalue weighted by molar-refractivity contribution is 7.09. The van der Waals surface area contributed by atoms with Gasteiger partial charge in [-0.3, -0.25) is 9.48 Å². The van der Waals surface area contributed by atoms with E-state index in [0.717, 1.165) is 10.7 Å². The lowest BCUT2D eigenvalue weighted by Gasteiger charge is -2.10. The molecule has 0 fully saturated rings. The van der Waals surface area contributed by atoms with Crippen LogP contribution in [-0.2, 0) is 6.54 Å². The van der Waals surface area contributed by atoms with E-state index in [1.807, 2.05) is 26.2 Å². The summed E-state index contributed by atoms with van der Waals surface area (Å²) in [5, 5.41) is 9.83. The maximum Gasteiger partial charge on any atom is 0.274 e. The molecule has 1 atom stereocenters. The summed E-state index contributed by atoms with van der Waals surface area (Å²) in [6, 6.07) is -0.155. The van der Waals surface area contributed by atoms with Gasteiger partial charge in [0.15, 0.2) is 5.69 Å². The van der Waals surface area contributed by atoms with Crippen LogP contribution in [0.15, 0.2) is 11.6 Å². The number of hydrogen-bond acceptors (Lipinski definition) is 5. The Hall–Kier alpha value is -1.89. The predicted molar refractivity (Wildman–Crippen MR) is 75.0 cm³/mol. The van der Waals surface area contributed by atoms with Gasteiger partial charge in [-0.25, -0.2) is 4.98 Å². The lowest BCUT2D eigenvalue weighted by Crippen LogP contribution is -2.27. The molecule has 2 aromatic heterocycles. The number of nitrogen functional groups attached to an aromatic ring is 1. The quantitative estimate of drug-likeness (QED) is 0.892. The van der Waals surface area contributed by atoms with Gasteiger partial charge in [-0.15, -0.1) is 11.3 Å². The van der Waals surface area contributed by atoms with Crippen LogP contribution in [0.3, 0.4) is 0 Å². The number of nitrogens with zero attached hydrogens (tertiary/aromatic N) is 3. The smallest absolute Gasteiger partial charge is 0.274 e. The van der Waals surface area contributed by atoms with Gasteiger partial charge >= 0.3 is 0 Å². The molecule has 0 aliphatic rings. The van der Waals surface area contributed by atoms with Gasteiger partial charge in [-0.05, 0) is 20.8 Å². The Bertz CT molecular complexity index is 589. The molecule has 0 aliphatic carbocycles. The molecule has 1 unspecified atom stereocenters. The first kappa shape index (κ1) is 13.5. The minimum Gasteiger partial charge on any atom is -0.396 e. The second-order valence-electron chi connectivity index (χ2n) is 4.31. The van der Waals surface area contributed by atoms with Gasteiger partial charge in [-0.1, -0.05) is 0 Å². The van der Waals surface area contributed by atoms with Crippen molar-refractivity contribution in [1.29, 1.82) is 0 Å². The number of hydrogen-bond donors (Lipinski definition) is 2. The molecule has 2 rings (SSSR count). The average molecular weight is 279 g/mol. The number of aromatic nitrogens is 3. The van der Waals surface area contributed by atoms with Crippen molar-refractivity contribution in [1.82, 2.24) is 20.1 Å². The van der Waals surface area contributed by atoms with Gasteiger partial charge in [-0.2, -0.15) is 5.10 Å². The molecule has 7 heteroatoms. The van der Waals surface area contributed by atoms with Crippen LogP contribution >= 0.6 is 11.3 Å². The number of carbonyl (C=O) groups excluding carboxylic acids is 1. The van der Waals surface area contributed by atoms with Crippen LogP contribution in [0.25, 0.3) is 0 Å². The summed E-state index contributed by atoms with van der Waals surface area (Å²) >= 11 is 1.53. The molecule has 0 spiro atoms. The van der Waals surface area contributed by atoms with Crippen LogP contribution in [0.5, 0.6) is 0 Å². The normalized spacial score (nSPS) is 12.4. The van der Waals surface area contributed by atoms with Crippen molar-refractivity contribution in [2.45, 2.75) is 33.4 Å². The van der Waals surface area contributed by atoms with Crippen LogP contribution in [0.2, 0.25) is 0 Å². The van der Waals surface area contributed by atoms with Gasteiger partial charge in [0.2, 0.25) is 0 Å². The predicted octanol–water partition coefficient (Wildman–Crippen LogP) is 1.74. The molecule has 0 saturated heterocycles. The van der Waals surface area contributed by atoms with Crippen LogP contribution in [-0.4, -0.2) is 20.7 Å². The topological polar surface area (TPSA) is 85.8 Å². The summed E-state index contributed by atoms with van der Waals surface area (Å²) in [6.45, 7) is 6.44. The van der Waals surface area contributed by atoms with E-state index in [0.29, 0.717) is 12.2 Å². The zero-order valence-corrected chi connectivity index (χ0v) is 12.0. The minimum atomic E-state index is -0.273. The van der Waals surface area contributed by atoms with Gasteiger partial charge in [0.05, 0.1) is 11.7 Å². The summed E-state index contributed by atoms with van der Waals surface area (Å²) in [7, 11) is 0. The van der Waals surface area contributed by atoms with Crippen molar-refractivity contribution in [3.05, 3.63) is 28.0 Å². The van der Waals surface area contributed by atoms with E-state index in [1.165, 1.54) is 11.3 Å². The summed E-state index contributed by atoms with van der Waals surface area (Å²) in [5.41, 5.74) is 7.39. The van der Waals surface area contributed by atoms with E-state index in [1.54, 1.807) is 10.9 Å². The highest BCUT2D eigenvalue weighted by atomic mass is 32.1. The number of rotatable bonds is 4. The molecule has 0 radical (unpaired) electrons. The number of aryl methyl sites for hydroxylation is 2. The number of thiazole rings is 1. The number of nitrogens with two attached hydrogens (primary N) is 1. The Morgan fingerprint density at radius 3 is 2.89 bits per heavy atom. The van der Waals surface area contributed by atoms with Crippen molar-refractivity contribution in [3.8, 4) is 0 Å². The Kier molecular flexibility index (Phi) is 3.84. The highest BCUT2D eigenvalue weighted by Gasteiger charge is 2.18. The SMILES string of the molecule is CCn1cc(N)c(C(=O)NC(C)c2nc(C)cs2)n1. The summed E-state index contributed by atoms with van der Waals surface area (Å²) < 4.78 is 1.64. The van der Waals surface area contributed by atoms with Gasteiger partial charge in [0.1, 0.15) is 5.01 Å². The maximum atomic E-state index is 12.1. The fraction of sp³-hybridized carbons (Fsp3) is 0.417. The lowest BCUT2D eigenvalue weighted by molar-refractivity contribution is 0.0935. The first-order valence-corrected chi connectivity index (χ1v) is 6.95. The molecular weight excluding hydrogens is 262 g/mol. The van der Waals surface area contributed by atoms with Crippen molar-refractivity contribution >= 4 is 22.9 Å². The number of nitrogens with one attached hydrogen (secondary N) is 1. The Labute approximate surface area is 115 Å². The first-order chi connectivity index (χ1) is 9.01. The maximum absolute atomic E-state index is 12.1. The molecule has 1 amide bonds. The third kappa shape index (κ3) is 2.93. The fourth-order valence-electron chi connectivity index (χ4n) is 1.67. The summed E-state index contributed by atoms with van der Waals surface area (Å²) in [4.78, 5) is 16.4. The van der Waals surface area contributed by atoms with Crippen LogP contribution in [0.1, 0.15) is 41.1 Å². The van der Waals surface area contributed by atoms with E-state index < -0.39 is 0 Å². The van der Waals surface area contributed by atoms with Crippen molar-refractivity contribution < 1.29 is 4.79 Å². The fourth-order valence-corrected chi connectivity index (χ4v) is 2.48.